The first-order valence-corrected chi connectivity index (χ1v) is 8.95. The van der Waals surface area contributed by atoms with Crippen LogP contribution in [0.3, 0.4) is 0 Å². The molecule has 0 saturated carbocycles. The van der Waals surface area contributed by atoms with Gasteiger partial charge in [-0.05, 0) is 43.2 Å². The van der Waals surface area contributed by atoms with Gasteiger partial charge in [0, 0.05) is 43.9 Å². The summed E-state index contributed by atoms with van der Waals surface area (Å²) in [6.07, 6.45) is 1.35. The monoisotopic (exact) mass is 389 g/mol. The van der Waals surface area contributed by atoms with Gasteiger partial charge in [0.1, 0.15) is 0 Å². The van der Waals surface area contributed by atoms with Crippen molar-refractivity contribution in [3.63, 3.8) is 0 Å². The molecule has 0 saturated heterocycles. The minimum absolute atomic E-state index is 0. The smallest absolute Gasteiger partial charge is 0.225 e. The Morgan fingerprint density at radius 2 is 1.63 bits per heavy atom. The summed E-state index contributed by atoms with van der Waals surface area (Å²) in [7, 11) is 0. The van der Waals surface area contributed by atoms with Crippen molar-refractivity contribution < 1.29 is 9.59 Å². The van der Waals surface area contributed by atoms with Gasteiger partial charge in [-0.3, -0.25) is 9.59 Å². The van der Waals surface area contributed by atoms with E-state index in [2.05, 4.69) is 22.3 Å². The maximum absolute atomic E-state index is 12.2. The first-order chi connectivity index (χ1) is 12.6. The molecule has 2 aromatic carbocycles. The second kappa shape index (κ2) is 12.2. The highest BCUT2D eigenvalue weighted by molar-refractivity contribution is 5.95. The predicted octanol–water partition coefficient (Wildman–Crippen LogP) is 3.14. The quantitative estimate of drug-likeness (QED) is 0.612. The van der Waals surface area contributed by atoms with E-state index in [9.17, 15) is 9.59 Å². The Morgan fingerprint density at radius 3 is 2.22 bits per heavy atom. The molecule has 146 valence electrons. The number of hydrogen-bond acceptors (Lipinski definition) is 4. The highest BCUT2D eigenvalue weighted by atomic mass is 35.5. The van der Waals surface area contributed by atoms with Crippen LogP contribution >= 0.6 is 12.4 Å². The van der Waals surface area contributed by atoms with E-state index in [0.717, 1.165) is 19.5 Å². The third kappa shape index (κ3) is 8.35. The first-order valence-electron chi connectivity index (χ1n) is 8.95. The average molecular weight is 390 g/mol. The molecule has 27 heavy (non-hydrogen) atoms. The van der Waals surface area contributed by atoms with Gasteiger partial charge in [-0.25, -0.2) is 0 Å². The molecular formula is C21H28ClN3O2. The zero-order valence-corrected chi connectivity index (χ0v) is 16.5. The lowest BCUT2D eigenvalue weighted by atomic mass is 10.1. The number of carbonyl (C=O) groups excluding carboxylic acids is 2. The first kappa shape index (κ1) is 22.8. The molecule has 2 rings (SSSR count). The van der Waals surface area contributed by atoms with Crippen LogP contribution in [0.2, 0.25) is 0 Å². The fraction of sp³-hybridized carbons (Fsp3) is 0.333. The van der Waals surface area contributed by atoms with Crippen LogP contribution in [0.15, 0.2) is 54.6 Å². The zero-order chi connectivity index (χ0) is 18.8. The molecule has 0 radical (unpaired) electrons. The largest absolute Gasteiger partial charge is 0.329 e. The fourth-order valence-corrected chi connectivity index (χ4v) is 2.72. The molecule has 2 aromatic rings. The van der Waals surface area contributed by atoms with E-state index in [4.69, 9.17) is 5.73 Å². The number of carbonyl (C=O) groups is 2. The molecule has 3 N–H and O–H groups in total. The minimum Gasteiger partial charge on any atom is -0.329 e. The number of anilines is 1. The molecule has 0 unspecified atom stereocenters. The second-order valence-electron chi connectivity index (χ2n) is 6.30. The summed E-state index contributed by atoms with van der Waals surface area (Å²) in [6.45, 7) is 4.41. The van der Waals surface area contributed by atoms with Crippen LogP contribution in [0.25, 0.3) is 0 Å². The highest BCUT2D eigenvalue weighted by Crippen LogP contribution is 2.10. The molecule has 0 spiro atoms. The Morgan fingerprint density at radius 1 is 0.963 bits per heavy atom. The van der Waals surface area contributed by atoms with Crippen molar-refractivity contribution in [2.75, 3.05) is 31.5 Å². The van der Waals surface area contributed by atoms with Gasteiger partial charge in [-0.2, -0.15) is 0 Å². The van der Waals surface area contributed by atoms with Gasteiger partial charge >= 0.3 is 0 Å². The van der Waals surface area contributed by atoms with E-state index in [1.807, 2.05) is 18.2 Å². The lowest BCUT2D eigenvalue weighted by Gasteiger charge is -2.21. The zero-order valence-electron chi connectivity index (χ0n) is 15.7. The van der Waals surface area contributed by atoms with Crippen LogP contribution < -0.4 is 11.1 Å². The number of benzene rings is 2. The fourth-order valence-electron chi connectivity index (χ4n) is 2.72. The van der Waals surface area contributed by atoms with Crippen molar-refractivity contribution in [1.29, 1.82) is 0 Å². The van der Waals surface area contributed by atoms with Crippen LogP contribution in [0.1, 0.15) is 29.3 Å². The number of rotatable bonds is 10. The van der Waals surface area contributed by atoms with Crippen LogP contribution in [-0.4, -0.2) is 42.8 Å². The van der Waals surface area contributed by atoms with Crippen molar-refractivity contribution in [2.45, 2.75) is 19.8 Å². The SMILES string of the molecule is CC(=O)c1ccc(NC(=O)CCN(CCN)CCc2ccccc2)cc1.Cl. The Labute approximate surface area is 167 Å². The van der Waals surface area contributed by atoms with Gasteiger partial charge in [0.15, 0.2) is 5.78 Å². The van der Waals surface area contributed by atoms with Gasteiger partial charge in [0.2, 0.25) is 5.91 Å². The molecule has 0 atom stereocenters. The summed E-state index contributed by atoms with van der Waals surface area (Å²) in [5.74, 6) is -0.0268. The molecule has 0 bridgehead atoms. The predicted molar refractivity (Wildman–Crippen MR) is 113 cm³/mol. The van der Waals surface area contributed by atoms with E-state index in [1.165, 1.54) is 12.5 Å². The van der Waals surface area contributed by atoms with E-state index >= 15 is 0 Å². The summed E-state index contributed by atoms with van der Waals surface area (Å²) >= 11 is 0. The number of nitrogens with zero attached hydrogens (tertiary/aromatic N) is 1. The van der Waals surface area contributed by atoms with Crippen molar-refractivity contribution >= 4 is 29.8 Å². The molecule has 0 aliphatic rings. The third-order valence-corrected chi connectivity index (χ3v) is 4.24. The van der Waals surface area contributed by atoms with Crippen LogP contribution in [0, 0.1) is 0 Å². The van der Waals surface area contributed by atoms with Crippen molar-refractivity contribution in [3.8, 4) is 0 Å². The molecule has 0 aliphatic heterocycles. The van der Waals surface area contributed by atoms with Crippen LogP contribution in [-0.2, 0) is 11.2 Å². The lowest BCUT2D eigenvalue weighted by Crippen LogP contribution is -2.34. The lowest BCUT2D eigenvalue weighted by molar-refractivity contribution is -0.116. The second-order valence-corrected chi connectivity index (χ2v) is 6.30. The highest BCUT2D eigenvalue weighted by Gasteiger charge is 2.09. The maximum Gasteiger partial charge on any atom is 0.225 e. The molecule has 1 amide bonds. The summed E-state index contributed by atoms with van der Waals surface area (Å²) in [4.78, 5) is 25.7. The standard InChI is InChI=1S/C21H27N3O2.ClH/c1-17(25)19-7-9-20(10-8-19)23-21(26)12-15-24(16-13-22)14-11-18-5-3-2-4-6-18;/h2-10H,11-16,22H2,1H3,(H,23,26);1H. The van der Waals surface area contributed by atoms with Gasteiger partial charge in [-0.1, -0.05) is 30.3 Å². The number of amides is 1. The Hall–Kier alpha value is -2.21. The normalized spacial score (nSPS) is 10.3. The molecule has 0 aliphatic carbocycles. The topological polar surface area (TPSA) is 75.4 Å². The van der Waals surface area contributed by atoms with Crippen molar-refractivity contribution in [3.05, 3.63) is 65.7 Å². The van der Waals surface area contributed by atoms with Gasteiger partial charge in [-0.15, -0.1) is 12.4 Å². The molecule has 0 fully saturated rings. The maximum atomic E-state index is 12.2. The average Bonchev–Trinajstić information content (AvgIpc) is 2.65. The van der Waals surface area contributed by atoms with E-state index in [1.54, 1.807) is 24.3 Å². The number of Topliss-reactive ketones (excluding diaryl/α,β-unsaturated/α-hetero) is 1. The minimum atomic E-state index is -0.0395. The molecule has 6 heteroatoms. The summed E-state index contributed by atoms with van der Waals surface area (Å²) in [6, 6.07) is 17.2. The molecule has 0 heterocycles. The summed E-state index contributed by atoms with van der Waals surface area (Å²) < 4.78 is 0. The summed E-state index contributed by atoms with van der Waals surface area (Å²) in [5.41, 5.74) is 8.32. The number of hydrogen-bond donors (Lipinski definition) is 2. The Balaban J connectivity index is 0.00000364. The van der Waals surface area contributed by atoms with Crippen molar-refractivity contribution in [2.24, 2.45) is 5.73 Å². The van der Waals surface area contributed by atoms with E-state index in [0.29, 0.717) is 30.8 Å². The Bertz CT molecular complexity index is 705. The molecule has 0 aromatic heterocycles. The van der Waals surface area contributed by atoms with Gasteiger partial charge < -0.3 is 16.0 Å². The van der Waals surface area contributed by atoms with Crippen LogP contribution in [0.4, 0.5) is 5.69 Å². The molecule has 5 nitrogen and oxygen atoms in total. The van der Waals surface area contributed by atoms with Gasteiger partial charge in [0.05, 0.1) is 0 Å². The number of nitrogens with one attached hydrogen (secondary N) is 1. The van der Waals surface area contributed by atoms with Crippen LogP contribution in [0.5, 0.6) is 0 Å². The Kier molecular flexibility index (Phi) is 10.3. The third-order valence-electron chi connectivity index (χ3n) is 4.24. The summed E-state index contributed by atoms with van der Waals surface area (Å²) in [5, 5.41) is 2.87. The number of halogens is 1. The van der Waals surface area contributed by atoms with Crippen molar-refractivity contribution in [1.82, 2.24) is 4.90 Å². The number of nitrogens with two attached hydrogens (primary N) is 1. The van der Waals surface area contributed by atoms with Gasteiger partial charge in [0.25, 0.3) is 0 Å². The molecular weight excluding hydrogens is 362 g/mol. The van der Waals surface area contributed by atoms with E-state index in [-0.39, 0.29) is 24.1 Å². The number of ketones is 1. The van der Waals surface area contributed by atoms with E-state index < -0.39 is 0 Å².